The Morgan fingerprint density at radius 1 is 1.26 bits per heavy atom. The molecule has 2 aromatic rings. The number of benzene rings is 2. The summed E-state index contributed by atoms with van der Waals surface area (Å²) in [6, 6.07) is 15.7. The summed E-state index contributed by atoms with van der Waals surface area (Å²) >= 11 is 1.64. The van der Waals surface area contributed by atoms with E-state index in [1.807, 2.05) is 54.8 Å². The summed E-state index contributed by atoms with van der Waals surface area (Å²) < 4.78 is 5.14. The molecule has 5 nitrogen and oxygen atoms in total. The molecule has 0 spiro atoms. The number of thioether (sulfide) groups is 1. The van der Waals surface area contributed by atoms with Crippen LogP contribution in [0.3, 0.4) is 0 Å². The first-order chi connectivity index (χ1) is 13.1. The van der Waals surface area contributed by atoms with Crippen LogP contribution in [0.4, 0.5) is 5.69 Å². The molecular formula is C21H24N2O3S. The zero-order valence-electron chi connectivity index (χ0n) is 15.6. The molecule has 0 bridgehead atoms. The number of carbonyl (C=O) groups is 2. The van der Waals surface area contributed by atoms with Gasteiger partial charge >= 0.3 is 0 Å². The van der Waals surface area contributed by atoms with Crippen LogP contribution < -0.4 is 15.0 Å². The fraction of sp³-hybridized carbons (Fsp3) is 0.333. The van der Waals surface area contributed by atoms with Crippen molar-refractivity contribution in [3.63, 3.8) is 0 Å². The molecule has 0 aliphatic carbocycles. The third-order valence-corrected chi connectivity index (χ3v) is 5.46. The first-order valence-corrected chi connectivity index (χ1v) is 10.2. The maximum Gasteiger partial charge on any atom is 0.227 e. The topological polar surface area (TPSA) is 58.6 Å². The number of hydrogen-bond acceptors (Lipinski definition) is 4. The van der Waals surface area contributed by atoms with Gasteiger partial charge in [-0.05, 0) is 48.6 Å². The van der Waals surface area contributed by atoms with Crippen molar-refractivity contribution in [1.29, 1.82) is 0 Å². The minimum absolute atomic E-state index is 0.00329. The average molecular weight is 385 g/mol. The first-order valence-electron chi connectivity index (χ1n) is 8.96. The quantitative estimate of drug-likeness (QED) is 0.745. The second-order valence-electron chi connectivity index (χ2n) is 6.50. The van der Waals surface area contributed by atoms with Crippen LogP contribution in [0.5, 0.6) is 5.75 Å². The first kappa shape index (κ1) is 19.3. The van der Waals surface area contributed by atoms with E-state index in [1.165, 1.54) is 0 Å². The van der Waals surface area contributed by atoms with Crippen LogP contribution in [-0.4, -0.2) is 38.3 Å². The summed E-state index contributed by atoms with van der Waals surface area (Å²) in [5, 5.41) is 2.96. The standard InChI is InChI=1S/C21H24N2O3S/c1-26-18-8-6-15(7-9-18)10-11-22-21(25)16-12-20(24)23(14-16)17-4-3-5-19(13-17)27-2/h3-9,13,16H,10-12,14H2,1-2H3,(H,22,25). The largest absolute Gasteiger partial charge is 0.497 e. The molecule has 2 amide bonds. The van der Waals surface area contributed by atoms with Gasteiger partial charge in [-0.15, -0.1) is 11.8 Å². The Bertz CT molecular complexity index is 807. The molecule has 27 heavy (non-hydrogen) atoms. The van der Waals surface area contributed by atoms with E-state index in [9.17, 15) is 9.59 Å². The predicted octanol–water partition coefficient (Wildman–Crippen LogP) is 3.13. The lowest BCUT2D eigenvalue weighted by Crippen LogP contribution is -2.34. The van der Waals surface area contributed by atoms with Gasteiger partial charge in [-0.3, -0.25) is 9.59 Å². The van der Waals surface area contributed by atoms with Crippen LogP contribution in [-0.2, 0) is 16.0 Å². The average Bonchev–Trinajstić information content (AvgIpc) is 3.10. The molecule has 1 N–H and O–H groups in total. The molecule has 0 radical (unpaired) electrons. The van der Waals surface area contributed by atoms with Gasteiger partial charge < -0.3 is 15.0 Å². The summed E-state index contributed by atoms with van der Waals surface area (Å²) in [5.41, 5.74) is 1.99. The highest BCUT2D eigenvalue weighted by molar-refractivity contribution is 7.98. The highest BCUT2D eigenvalue weighted by Crippen LogP contribution is 2.28. The van der Waals surface area contributed by atoms with E-state index in [1.54, 1.807) is 23.8 Å². The van der Waals surface area contributed by atoms with Gasteiger partial charge in [0.1, 0.15) is 5.75 Å². The molecule has 1 aliphatic heterocycles. The number of amides is 2. The van der Waals surface area contributed by atoms with Crippen molar-refractivity contribution in [3.05, 3.63) is 54.1 Å². The van der Waals surface area contributed by atoms with Gasteiger partial charge in [-0.1, -0.05) is 18.2 Å². The molecule has 1 unspecified atom stereocenters. The monoisotopic (exact) mass is 384 g/mol. The van der Waals surface area contributed by atoms with E-state index in [0.717, 1.165) is 28.3 Å². The molecule has 1 heterocycles. The van der Waals surface area contributed by atoms with Gasteiger partial charge in [0.05, 0.1) is 13.0 Å². The number of anilines is 1. The zero-order valence-corrected chi connectivity index (χ0v) is 16.4. The maximum atomic E-state index is 12.5. The highest BCUT2D eigenvalue weighted by atomic mass is 32.2. The van der Waals surface area contributed by atoms with Gasteiger partial charge in [0.15, 0.2) is 0 Å². The van der Waals surface area contributed by atoms with Gasteiger partial charge in [-0.25, -0.2) is 0 Å². The second-order valence-corrected chi connectivity index (χ2v) is 7.38. The van der Waals surface area contributed by atoms with E-state index in [0.29, 0.717) is 13.1 Å². The second kappa shape index (κ2) is 8.95. The van der Waals surface area contributed by atoms with Crippen molar-refractivity contribution in [1.82, 2.24) is 5.32 Å². The Morgan fingerprint density at radius 2 is 2.04 bits per heavy atom. The lowest BCUT2D eigenvalue weighted by molar-refractivity contribution is -0.126. The van der Waals surface area contributed by atoms with Crippen LogP contribution in [0.1, 0.15) is 12.0 Å². The highest BCUT2D eigenvalue weighted by Gasteiger charge is 2.34. The Hall–Kier alpha value is -2.47. The number of nitrogens with zero attached hydrogens (tertiary/aromatic N) is 1. The Morgan fingerprint density at radius 3 is 2.74 bits per heavy atom. The van der Waals surface area contributed by atoms with E-state index in [4.69, 9.17) is 4.74 Å². The number of methoxy groups -OCH3 is 1. The third kappa shape index (κ3) is 4.83. The number of ether oxygens (including phenoxy) is 1. The van der Waals surface area contributed by atoms with E-state index in [-0.39, 0.29) is 24.2 Å². The van der Waals surface area contributed by atoms with Crippen molar-refractivity contribution in [3.8, 4) is 5.75 Å². The van der Waals surface area contributed by atoms with Gasteiger partial charge in [0, 0.05) is 30.1 Å². The summed E-state index contributed by atoms with van der Waals surface area (Å²) in [7, 11) is 1.64. The summed E-state index contributed by atoms with van der Waals surface area (Å²) in [4.78, 5) is 27.7. The molecule has 3 rings (SSSR count). The molecule has 1 atom stereocenters. The van der Waals surface area contributed by atoms with Crippen molar-refractivity contribution in [2.45, 2.75) is 17.7 Å². The lowest BCUT2D eigenvalue weighted by Gasteiger charge is -2.17. The SMILES string of the molecule is COc1ccc(CCNC(=O)C2CC(=O)N(c3cccc(SC)c3)C2)cc1. The molecule has 0 aromatic heterocycles. The van der Waals surface area contributed by atoms with Crippen molar-refractivity contribution >= 4 is 29.3 Å². The van der Waals surface area contributed by atoms with Crippen LogP contribution in [0.15, 0.2) is 53.4 Å². The third-order valence-electron chi connectivity index (χ3n) is 4.73. The Labute approximate surface area is 164 Å². The number of rotatable bonds is 7. The maximum absolute atomic E-state index is 12.5. The molecule has 6 heteroatoms. The fourth-order valence-electron chi connectivity index (χ4n) is 3.18. The van der Waals surface area contributed by atoms with Crippen LogP contribution >= 0.6 is 11.8 Å². The zero-order chi connectivity index (χ0) is 19.2. The summed E-state index contributed by atoms with van der Waals surface area (Å²) in [5.74, 6) is 0.466. The predicted molar refractivity (Wildman–Crippen MR) is 108 cm³/mol. The van der Waals surface area contributed by atoms with Crippen molar-refractivity contribution < 1.29 is 14.3 Å². The molecular weight excluding hydrogens is 360 g/mol. The molecule has 0 saturated carbocycles. The van der Waals surface area contributed by atoms with E-state index >= 15 is 0 Å². The number of carbonyl (C=O) groups excluding carboxylic acids is 2. The summed E-state index contributed by atoms with van der Waals surface area (Å²) in [6.45, 7) is 0.989. The number of nitrogens with one attached hydrogen (secondary N) is 1. The van der Waals surface area contributed by atoms with Crippen LogP contribution in [0.25, 0.3) is 0 Å². The van der Waals surface area contributed by atoms with Gasteiger partial charge in [0.25, 0.3) is 0 Å². The molecule has 1 fully saturated rings. The smallest absolute Gasteiger partial charge is 0.227 e. The minimum atomic E-state index is -0.300. The van der Waals surface area contributed by atoms with Crippen molar-refractivity contribution in [2.24, 2.45) is 5.92 Å². The molecule has 142 valence electrons. The van der Waals surface area contributed by atoms with Crippen LogP contribution in [0, 0.1) is 5.92 Å². The van der Waals surface area contributed by atoms with Gasteiger partial charge in [-0.2, -0.15) is 0 Å². The minimum Gasteiger partial charge on any atom is -0.497 e. The molecule has 1 aliphatic rings. The van der Waals surface area contributed by atoms with Crippen molar-refractivity contribution in [2.75, 3.05) is 31.4 Å². The molecule has 2 aromatic carbocycles. The fourth-order valence-corrected chi connectivity index (χ4v) is 3.63. The van der Waals surface area contributed by atoms with Crippen LogP contribution in [0.2, 0.25) is 0 Å². The molecule has 1 saturated heterocycles. The number of hydrogen-bond donors (Lipinski definition) is 1. The summed E-state index contributed by atoms with van der Waals surface area (Å²) in [6.07, 6.45) is 3.01. The van der Waals surface area contributed by atoms with E-state index in [2.05, 4.69) is 5.32 Å². The normalized spacial score (nSPS) is 16.4. The van der Waals surface area contributed by atoms with Gasteiger partial charge in [0.2, 0.25) is 11.8 Å². The Balaban J connectivity index is 1.52. The Kier molecular flexibility index (Phi) is 6.40. The van der Waals surface area contributed by atoms with E-state index < -0.39 is 0 Å². The lowest BCUT2D eigenvalue weighted by atomic mass is 10.1.